The molecular weight excluding hydrogens is 210 g/mol. The molecule has 0 saturated heterocycles. The number of rotatable bonds is 2. The van der Waals surface area contributed by atoms with E-state index in [2.05, 4.69) is 0 Å². The monoisotopic (exact) mass is 223 g/mol. The summed E-state index contributed by atoms with van der Waals surface area (Å²) in [6.07, 6.45) is 1.68. The van der Waals surface area contributed by atoms with Gasteiger partial charge in [0.1, 0.15) is 0 Å². The lowest BCUT2D eigenvalue weighted by Crippen LogP contribution is -2.02. The van der Waals surface area contributed by atoms with Crippen molar-refractivity contribution < 1.29 is 8.42 Å². The molecule has 0 amide bonds. The van der Waals surface area contributed by atoms with Crippen LogP contribution in [0.5, 0.6) is 0 Å². The Morgan fingerprint density at radius 1 is 1.27 bits per heavy atom. The molecule has 1 aromatic heterocycles. The molecule has 0 aliphatic heterocycles. The number of aryl methyl sites for hydroxylation is 1. The average Bonchev–Trinajstić information content (AvgIpc) is 2.58. The molecule has 2 rings (SSSR count). The fourth-order valence-electron chi connectivity index (χ4n) is 1.71. The fraction of sp³-hybridized carbons (Fsp3) is 0.273. The molecular formula is C11H13NO2S. The molecule has 0 spiro atoms. The molecule has 0 fully saturated rings. The van der Waals surface area contributed by atoms with E-state index in [1.807, 2.05) is 35.9 Å². The van der Waals surface area contributed by atoms with Gasteiger partial charge in [-0.2, -0.15) is 0 Å². The zero-order chi connectivity index (χ0) is 11.1. The summed E-state index contributed by atoms with van der Waals surface area (Å²) >= 11 is 0. The van der Waals surface area contributed by atoms with E-state index in [9.17, 15) is 8.42 Å². The Morgan fingerprint density at radius 2 is 1.93 bits per heavy atom. The molecule has 0 aliphatic carbocycles. The third-order valence-electron chi connectivity index (χ3n) is 2.58. The van der Waals surface area contributed by atoms with E-state index < -0.39 is 9.84 Å². The van der Waals surface area contributed by atoms with Gasteiger partial charge in [0, 0.05) is 24.1 Å². The summed E-state index contributed by atoms with van der Waals surface area (Å²) < 4.78 is 25.5. The maximum absolute atomic E-state index is 11.8. The molecule has 80 valence electrons. The van der Waals surface area contributed by atoms with Gasteiger partial charge >= 0.3 is 0 Å². The van der Waals surface area contributed by atoms with Gasteiger partial charge in [-0.3, -0.25) is 0 Å². The fourth-order valence-corrected chi connectivity index (χ4v) is 2.85. The molecule has 3 nitrogen and oxygen atoms in total. The van der Waals surface area contributed by atoms with Gasteiger partial charge in [-0.05, 0) is 6.07 Å². The number of sulfone groups is 1. The van der Waals surface area contributed by atoms with Crippen molar-refractivity contribution in [1.82, 2.24) is 4.57 Å². The first kappa shape index (κ1) is 10.2. The maximum Gasteiger partial charge on any atom is 0.180 e. The van der Waals surface area contributed by atoms with Crippen LogP contribution in [0.2, 0.25) is 0 Å². The lowest BCUT2D eigenvalue weighted by Gasteiger charge is -1.97. The Morgan fingerprint density at radius 3 is 2.60 bits per heavy atom. The summed E-state index contributed by atoms with van der Waals surface area (Å²) in [4.78, 5) is 0.433. The van der Waals surface area contributed by atoms with Gasteiger partial charge < -0.3 is 4.57 Å². The first-order valence-corrected chi connectivity index (χ1v) is 6.48. The van der Waals surface area contributed by atoms with Gasteiger partial charge in [-0.15, -0.1) is 0 Å². The van der Waals surface area contributed by atoms with Crippen molar-refractivity contribution in [2.45, 2.75) is 11.8 Å². The van der Waals surface area contributed by atoms with E-state index in [1.165, 1.54) is 0 Å². The third-order valence-corrected chi connectivity index (χ3v) is 4.33. The van der Waals surface area contributed by atoms with E-state index in [0.717, 1.165) is 10.9 Å². The minimum atomic E-state index is -3.12. The van der Waals surface area contributed by atoms with Crippen molar-refractivity contribution in [3.05, 3.63) is 30.5 Å². The van der Waals surface area contributed by atoms with E-state index >= 15 is 0 Å². The van der Waals surface area contributed by atoms with E-state index in [-0.39, 0.29) is 5.75 Å². The molecule has 0 bridgehead atoms. The molecule has 0 atom stereocenters. The number of nitrogens with zero attached hydrogens (tertiary/aromatic N) is 1. The number of fused-ring (bicyclic) bond motifs is 1. The number of aromatic nitrogens is 1. The van der Waals surface area contributed by atoms with Gasteiger partial charge in [0.15, 0.2) is 9.84 Å². The normalized spacial score (nSPS) is 12.1. The lowest BCUT2D eigenvalue weighted by atomic mass is 10.2. The van der Waals surface area contributed by atoms with Crippen molar-refractivity contribution >= 4 is 20.7 Å². The second-order valence-corrected chi connectivity index (χ2v) is 5.77. The van der Waals surface area contributed by atoms with E-state index in [4.69, 9.17) is 0 Å². The van der Waals surface area contributed by atoms with E-state index in [0.29, 0.717) is 4.90 Å². The quantitative estimate of drug-likeness (QED) is 0.780. The molecule has 0 N–H and O–H groups in total. The van der Waals surface area contributed by atoms with Crippen LogP contribution in [0.25, 0.3) is 10.9 Å². The van der Waals surface area contributed by atoms with E-state index in [1.54, 1.807) is 13.1 Å². The Labute approximate surface area is 89.3 Å². The van der Waals surface area contributed by atoms with Crippen molar-refractivity contribution in [2.75, 3.05) is 5.75 Å². The highest BCUT2D eigenvalue weighted by Gasteiger charge is 2.17. The van der Waals surface area contributed by atoms with Crippen molar-refractivity contribution in [3.8, 4) is 0 Å². The topological polar surface area (TPSA) is 39.1 Å². The van der Waals surface area contributed by atoms with Crippen LogP contribution in [0.4, 0.5) is 0 Å². The van der Waals surface area contributed by atoms with Crippen LogP contribution < -0.4 is 0 Å². The second kappa shape index (κ2) is 3.38. The van der Waals surface area contributed by atoms with Gasteiger partial charge in [0.25, 0.3) is 0 Å². The third kappa shape index (κ3) is 1.55. The Hall–Kier alpha value is -1.29. The van der Waals surface area contributed by atoms with Gasteiger partial charge in [0.2, 0.25) is 0 Å². The summed E-state index contributed by atoms with van der Waals surface area (Å²) in [5, 5.41) is 0.807. The summed E-state index contributed by atoms with van der Waals surface area (Å²) in [5.74, 6) is 0.140. The minimum absolute atomic E-state index is 0.140. The predicted octanol–water partition coefficient (Wildman–Crippen LogP) is 1.97. The SMILES string of the molecule is CCS(=O)(=O)c1cn(C)c2ccccc12. The Kier molecular flexibility index (Phi) is 2.31. The Balaban J connectivity index is 2.84. The van der Waals surface area contributed by atoms with Crippen LogP contribution in [0.1, 0.15) is 6.92 Å². The van der Waals surface area contributed by atoms with Crippen LogP contribution in [0.15, 0.2) is 35.4 Å². The maximum atomic E-state index is 11.8. The number of hydrogen-bond donors (Lipinski definition) is 0. The van der Waals surface area contributed by atoms with Crippen molar-refractivity contribution in [1.29, 1.82) is 0 Å². The molecule has 4 heteroatoms. The van der Waals surface area contributed by atoms with Crippen molar-refractivity contribution in [3.63, 3.8) is 0 Å². The average molecular weight is 223 g/mol. The lowest BCUT2D eigenvalue weighted by molar-refractivity contribution is 0.598. The zero-order valence-electron chi connectivity index (χ0n) is 8.77. The number of benzene rings is 1. The van der Waals surface area contributed by atoms with Crippen LogP contribution in [-0.2, 0) is 16.9 Å². The van der Waals surface area contributed by atoms with Gasteiger partial charge in [-0.25, -0.2) is 8.42 Å². The molecule has 0 radical (unpaired) electrons. The second-order valence-electron chi connectivity index (χ2n) is 3.52. The van der Waals surface area contributed by atoms with Gasteiger partial charge in [-0.1, -0.05) is 25.1 Å². The van der Waals surface area contributed by atoms with Crippen molar-refractivity contribution in [2.24, 2.45) is 7.05 Å². The predicted molar refractivity (Wildman–Crippen MR) is 60.6 cm³/mol. The summed E-state index contributed by atoms with van der Waals surface area (Å²) in [7, 11) is -1.27. The Bertz CT molecular complexity index is 596. The number of hydrogen-bond acceptors (Lipinski definition) is 2. The first-order chi connectivity index (χ1) is 7.06. The summed E-state index contributed by atoms with van der Waals surface area (Å²) in [5.41, 5.74) is 0.949. The summed E-state index contributed by atoms with van der Waals surface area (Å²) in [6, 6.07) is 7.53. The first-order valence-electron chi connectivity index (χ1n) is 4.83. The molecule has 0 unspecified atom stereocenters. The number of para-hydroxylation sites is 1. The molecule has 1 aromatic carbocycles. The largest absolute Gasteiger partial charge is 0.349 e. The zero-order valence-corrected chi connectivity index (χ0v) is 9.58. The van der Waals surface area contributed by atoms with Crippen LogP contribution in [-0.4, -0.2) is 18.7 Å². The summed E-state index contributed by atoms with van der Waals surface area (Å²) in [6.45, 7) is 1.66. The molecule has 2 aromatic rings. The highest BCUT2D eigenvalue weighted by atomic mass is 32.2. The van der Waals surface area contributed by atoms with Gasteiger partial charge in [0.05, 0.1) is 10.6 Å². The van der Waals surface area contributed by atoms with Crippen LogP contribution >= 0.6 is 0 Å². The standard InChI is InChI=1S/C11H13NO2S/c1-3-15(13,14)11-8-12(2)10-7-5-4-6-9(10)11/h4-8H,3H2,1-2H3. The molecule has 0 aliphatic rings. The molecule has 0 saturated carbocycles. The highest BCUT2D eigenvalue weighted by Crippen LogP contribution is 2.25. The smallest absolute Gasteiger partial charge is 0.180 e. The molecule has 1 heterocycles. The highest BCUT2D eigenvalue weighted by molar-refractivity contribution is 7.91. The van der Waals surface area contributed by atoms with Crippen LogP contribution in [0.3, 0.4) is 0 Å². The molecule has 15 heavy (non-hydrogen) atoms. The minimum Gasteiger partial charge on any atom is -0.349 e. The van der Waals surface area contributed by atoms with Crippen LogP contribution in [0, 0.1) is 0 Å².